The molecule has 1 aromatic carbocycles. The Morgan fingerprint density at radius 1 is 1.22 bits per heavy atom. The molecule has 0 aliphatic carbocycles. The molecule has 0 radical (unpaired) electrons. The molecular weight excluding hydrogens is 505 g/mol. The van der Waals surface area contributed by atoms with E-state index in [1.165, 1.54) is 0 Å². The number of hydrogen-bond donors (Lipinski definition) is 1. The number of hydrogen-bond acceptors (Lipinski definition) is 5. The van der Waals surface area contributed by atoms with Gasteiger partial charge in [-0.25, -0.2) is 9.87 Å². The molecule has 0 bridgehead atoms. The van der Waals surface area contributed by atoms with Crippen molar-refractivity contribution in [1.82, 2.24) is 15.3 Å². The van der Waals surface area contributed by atoms with Crippen molar-refractivity contribution in [1.29, 1.82) is 0 Å². The molecule has 0 saturated carbocycles. The number of methoxy groups -OCH3 is 1. The maximum atomic E-state index is 14.7. The first-order chi connectivity index (χ1) is 14.8. The predicted octanol–water partition coefficient (Wildman–Crippen LogP) is 4.74. The lowest BCUT2D eigenvalue weighted by Crippen LogP contribution is -2.23. The first kappa shape index (κ1) is 25.9. The number of amides is 1. The number of esters is 1. The third kappa shape index (κ3) is 5.34. The molecule has 0 fully saturated rings. The van der Waals surface area contributed by atoms with Crippen LogP contribution in [0.5, 0.6) is 0 Å². The smallest absolute Gasteiger partial charge is 0.434 e. The fourth-order valence-electron chi connectivity index (χ4n) is 2.72. The van der Waals surface area contributed by atoms with Gasteiger partial charge in [0, 0.05) is 12.6 Å². The van der Waals surface area contributed by atoms with Crippen LogP contribution >= 0.6 is 34.8 Å². The summed E-state index contributed by atoms with van der Waals surface area (Å²) in [6.07, 6.45) is -5.44. The van der Waals surface area contributed by atoms with Crippen LogP contribution < -0.4 is 5.48 Å². The van der Waals surface area contributed by atoms with E-state index in [1.807, 2.05) is 5.48 Å². The molecule has 0 saturated heterocycles. The largest absolute Gasteiger partial charge is 0.469 e. The molecule has 14 heteroatoms. The number of aryl methyl sites for hydroxylation is 1. The average Bonchev–Trinajstić information content (AvgIpc) is 3.00. The van der Waals surface area contributed by atoms with Crippen LogP contribution in [0.3, 0.4) is 0 Å². The highest BCUT2D eigenvalue weighted by molar-refractivity contribution is 6.46. The molecular formula is C18H14Cl3F4N3O4. The first-order valence-corrected chi connectivity index (χ1v) is 9.55. The number of carbonyl (C=O) groups excluding carboxylic acids is 2. The van der Waals surface area contributed by atoms with Crippen molar-refractivity contribution in [2.24, 2.45) is 7.05 Å². The number of carbonyl (C=O) groups is 2. The summed E-state index contributed by atoms with van der Waals surface area (Å²) in [6.45, 7) is 0. The summed E-state index contributed by atoms with van der Waals surface area (Å²) in [5.74, 6) is -2.85. The Hall–Kier alpha value is -2.34. The van der Waals surface area contributed by atoms with Gasteiger partial charge in [-0.2, -0.15) is 18.3 Å². The van der Waals surface area contributed by atoms with E-state index < -0.39 is 57.3 Å². The monoisotopic (exact) mass is 517 g/mol. The van der Waals surface area contributed by atoms with Gasteiger partial charge in [-0.1, -0.05) is 34.8 Å². The van der Waals surface area contributed by atoms with Crippen molar-refractivity contribution in [2.75, 3.05) is 14.2 Å². The number of alkyl halides is 3. The molecule has 0 unspecified atom stereocenters. The Bertz CT molecular complexity index is 1100. The summed E-state index contributed by atoms with van der Waals surface area (Å²) in [6, 6.07) is 1.74. The Balaban J connectivity index is 2.79. The summed E-state index contributed by atoms with van der Waals surface area (Å²) in [7, 11) is 3.20. The summed E-state index contributed by atoms with van der Waals surface area (Å²) in [5.41, 5.74) is -0.711. The zero-order valence-electron chi connectivity index (χ0n) is 16.5. The lowest BCUT2D eigenvalue weighted by Gasteiger charge is -2.14. The zero-order valence-corrected chi connectivity index (χ0v) is 18.8. The van der Waals surface area contributed by atoms with Crippen molar-refractivity contribution in [3.8, 4) is 11.3 Å². The quantitative estimate of drug-likeness (QED) is 0.259. The topological polar surface area (TPSA) is 82.4 Å². The Morgan fingerprint density at radius 2 is 1.84 bits per heavy atom. The van der Waals surface area contributed by atoms with Crippen LogP contribution in [-0.2, 0) is 32.4 Å². The molecule has 1 amide bonds. The standard InChI is InChI=1S/C18H14Cl3F4N3O4/c1-28-16(18(23,24)25)14(21)15(26-28)9-4-7(10(19)6-11(9)22)8(5-12(29)31-2)13(20)17(30)27-32-3/h4,6H,5H2,1-3H3,(H,27,30). The lowest BCUT2D eigenvalue weighted by molar-refractivity contribution is -0.143. The van der Waals surface area contributed by atoms with Gasteiger partial charge in [-0.15, -0.1) is 0 Å². The number of aromatic nitrogens is 2. The third-order valence-corrected chi connectivity index (χ3v) is 5.17. The van der Waals surface area contributed by atoms with Crippen molar-refractivity contribution in [3.63, 3.8) is 0 Å². The molecule has 1 aromatic heterocycles. The van der Waals surface area contributed by atoms with Crippen molar-refractivity contribution >= 4 is 52.3 Å². The Kier molecular flexibility index (Phi) is 8.16. The highest BCUT2D eigenvalue weighted by Gasteiger charge is 2.39. The van der Waals surface area contributed by atoms with Gasteiger partial charge in [0.15, 0.2) is 5.69 Å². The summed E-state index contributed by atoms with van der Waals surface area (Å²) in [5, 5.41) is 1.96. The first-order valence-electron chi connectivity index (χ1n) is 8.41. The van der Waals surface area contributed by atoms with Gasteiger partial charge < -0.3 is 4.74 Å². The van der Waals surface area contributed by atoms with Crippen LogP contribution in [0.4, 0.5) is 17.6 Å². The average molecular weight is 519 g/mol. The molecule has 0 aliphatic heterocycles. The molecule has 7 nitrogen and oxygen atoms in total. The van der Waals surface area contributed by atoms with E-state index in [9.17, 15) is 27.2 Å². The minimum atomic E-state index is -4.86. The fraction of sp³-hybridized carbons (Fsp3) is 0.278. The van der Waals surface area contributed by atoms with Gasteiger partial charge in [0.1, 0.15) is 16.5 Å². The molecule has 0 atom stereocenters. The Labute approximate surface area is 193 Å². The van der Waals surface area contributed by atoms with Gasteiger partial charge in [0.25, 0.3) is 5.91 Å². The second-order valence-electron chi connectivity index (χ2n) is 6.13. The molecule has 1 heterocycles. The lowest BCUT2D eigenvalue weighted by atomic mass is 9.98. The van der Waals surface area contributed by atoms with E-state index in [0.717, 1.165) is 33.4 Å². The molecule has 1 N–H and O–H groups in total. The maximum Gasteiger partial charge on any atom is 0.434 e. The highest BCUT2D eigenvalue weighted by atomic mass is 35.5. The number of rotatable bonds is 6. The molecule has 32 heavy (non-hydrogen) atoms. The minimum Gasteiger partial charge on any atom is -0.469 e. The minimum absolute atomic E-state index is 0.139. The second-order valence-corrected chi connectivity index (χ2v) is 7.29. The number of halogens is 7. The van der Waals surface area contributed by atoms with Crippen LogP contribution in [0, 0.1) is 5.82 Å². The van der Waals surface area contributed by atoms with Crippen LogP contribution in [0.25, 0.3) is 16.8 Å². The van der Waals surface area contributed by atoms with E-state index in [0.29, 0.717) is 4.68 Å². The van der Waals surface area contributed by atoms with E-state index >= 15 is 0 Å². The van der Waals surface area contributed by atoms with E-state index in [-0.39, 0.29) is 16.2 Å². The maximum absolute atomic E-state index is 14.7. The van der Waals surface area contributed by atoms with E-state index in [4.69, 9.17) is 34.8 Å². The van der Waals surface area contributed by atoms with Crippen molar-refractivity contribution < 1.29 is 36.7 Å². The zero-order chi connectivity index (χ0) is 24.4. The predicted molar refractivity (Wildman–Crippen MR) is 108 cm³/mol. The third-order valence-electron chi connectivity index (χ3n) is 4.10. The van der Waals surface area contributed by atoms with Crippen molar-refractivity contribution in [2.45, 2.75) is 12.6 Å². The van der Waals surface area contributed by atoms with Crippen LogP contribution in [0.2, 0.25) is 10.0 Å². The normalized spacial score (nSPS) is 12.4. The van der Waals surface area contributed by atoms with Crippen LogP contribution in [0.1, 0.15) is 17.7 Å². The number of ether oxygens (including phenoxy) is 1. The molecule has 2 rings (SSSR count). The number of nitrogens with one attached hydrogen (secondary N) is 1. The van der Waals surface area contributed by atoms with Crippen LogP contribution in [-0.4, -0.2) is 35.9 Å². The highest BCUT2D eigenvalue weighted by Crippen LogP contribution is 2.42. The van der Waals surface area contributed by atoms with Crippen molar-refractivity contribution in [3.05, 3.63) is 44.3 Å². The molecule has 0 aliphatic rings. The molecule has 0 spiro atoms. The summed E-state index contributed by atoms with van der Waals surface area (Å²) in [4.78, 5) is 28.5. The van der Waals surface area contributed by atoms with Crippen LogP contribution in [0.15, 0.2) is 17.2 Å². The molecule has 2 aromatic rings. The summed E-state index contributed by atoms with van der Waals surface area (Å²) < 4.78 is 59.5. The van der Waals surface area contributed by atoms with Gasteiger partial charge in [0.2, 0.25) is 0 Å². The van der Waals surface area contributed by atoms with Gasteiger partial charge >= 0.3 is 12.1 Å². The second kappa shape index (κ2) is 10.1. The van der Waals surface area contributed by atoms with Gasteiger partial charge in [-0.05, 0) is 23.3 Å². The van der Waals surface area contributed by atoms with Gasteiger partial charge in [-0.3, -0.25) is 19.1 Å². The number of hydroxylamine groups is 1. The molecule has 174 valence electrons. The SMILES string of the molecule is CONC(=O)C(Cl)=C(CC(=O)OC)c1cc(-c2nn(C)c(C(F)(F)F)c2Cl)c(F)cc1Cl. The number of benzene rings is 1. The fourth-order valence-corrected chi connectivity index (χ4v) is 3.56. The summed E-state index contributed by atoms with van der Waals surface area (Å²) >= 11 is 18.0. The van der Waals surface area contributed by atoms with E-state index in [1.54, 1.807) is 0 Å². The number of nitrogens with zero attached hydrogens (tertiary/aromatic N) is 2. The van der Waals surface area contributed by atoms with E-state index in [2.05, 4.69) is 14.7 Å². The van der Waals surface area contributed by atoms with Gasteiger partial charge in [0.05, 0.1) is 30.7 Å². The Morgan fingerprint density at radius 3 is 2.34 bits per heavy atom.